The lowest BCUT2D eigenvalue weighted by atomic mass is 10.4. The normalized spacial score (nSPS) is 13.4. The monoisotopic (exact) mass is 1660 g/mol. The van der Waals surface area contributed by atoms with E-state index in [0.29, 0.717) is 115 Å². The summed E-state index contributed by atoms with van der Waals surface area (Å²) in [6.45, 7) is 31.3. The van der Waals surface area contributed by atoms with Crippen molar-refractivity contribution >= 4 is 145 Å². The summed E-state index contributed by atoms with van der Waals surface area (Å²) >= 11 is 15.3. The van der Waals surface area contributed by atoms with Crippen molar-refractivity contribution in [1.82, 2.24) is 0 Å². The number of alkyl halides is 2. The highest BCUT2D eigenvalue weighted by Crippen LogP contribution is 2.44. The van der Waals surface area contributed by atoms with Crippen molar-refractivity contribution in [2.24, 2.45) is 0 Å². The Kier molecular flexibility index (Phi) is 80.4. The first-order valence-corrected chi connectivity index (χ1v) is 53.6. The second-order valence-electron chi connectivity index (χ2n) is 19.7. The molecule has 0 bridgehead atoms. The van der Waals surface area contributed by atoms with Crippen molar-refractivity contribution < 1.29 is 112 Å². The van der Waals surface area contributed by atoms with Gasteiger partial charge in [0.15, 0.2) is 0 Å². The second-order valence-corrected chi connectivity index (χ2v) is 47.7. The molecule has 1 fully saturated rings. The van der Waals surface area contributed by atoms with Crippen molar-refractivity contribution in [3.05, 3.63) is 12.2 Å². The number of hydrogen-bond donors (Lipinski definition) is 1. The molecule has 0 aromatic carbocycles. The molecule has 1 aliphatic rings. The van der Waals surface area contributed by atoms with Gasteiger partial charge in [-0.15, -0.1) is 23.2 Å². The first kappa shape index (κ1) is 108. The van der Waals surface area contributed by atoms with Gasteiger partial charge in [0.25, 0.3) is 0 Å². The summed E-state index contributed by atoms with van der Waals surface area (Å²) in [6, 6.07) is 5.58. The molecule has 97 heavy (non-hydrogen) atoms. The van der Waals surface area contributed by atoms with Gasteiger partial charge in [0.1, 0.15) is 6.10 Å². The molecule has 0 saturated carbocycles. The molecular formula is C58H134Cl2O25S5Si7. The van der Waals surface area contributed by atoms with Crippen LogP contribution in [0.4, 0.5) is 0 Å². The number of carbonyl (C=O) groups is 1. The molecule has 0 spiro atoms. The Morgan fingerprint density at radius 3 is 0.897 bits per heavy atom. The topological polar surface area (TPSA) is 242 Å². The average Bonchev–Trinajstić information content (AvgIpc) is 2.08. The Balaban J connectivity index is -0.000000365. The summed E-state index contributed by atoms with van der Waals surface area (Å²) in [4.78, 5) is 11.1. The van der Waals surface area contributed by atoms with E-state index < -0.39 is 61.6 Å². The van der Waals surface area contributed by atoms with Crippen LogP contribution in [0.3, 0.4) is 0 Å². The van der Waals surface area contributed by atoms with Crippen molar-refractivity contribution in [1.29, 1.82) is 0 Å². The van der Waals surface area contributed by atoms with E-state index in [9.17, 15) is 4.79 Å². The number of esters is 1. The van der Waals surface area contributed by atoms with Crippen LogP contribution in [0.25, 0.3) is 0 Å². The molecule has 25 nitrogen and oxygen atoms in total. The lowest BCUT2D eigenvalue weighted by molar-refractivity contribution is -0.139. The highest BCUT2D eigenvalue weighted by atomic mass is 35.5. The summed E-state index contributed by atoms with van der Waals surface area (Å²) in [5.41, 5.74) is 0.397. The van der Waals surface area contributed by atoms with Crippen LogP contribution < -0.4 is 0 Å². The minimum Gasteiger partial charge on any atom is -0.462 e. The third-order valence-corrected chi connectivity index (χ3v) is 41.4. The molecule has 1 aliphatic heterocycles. The molecule has 1 atom stereocenters. The molecule has 39 heteroatoms. The smallest absolute Gasteiger partial charge is 0.462 e. The molecule has 0 radical (unpaired) electrons. The Bertz CT molecular complexity index is 1570. The number of hydrogen-bond acceptors (Lipinski definition) is 30. The molecule has 0 aromatic rings. The van der Waals surface area contributed by atoms with Crippen LogP contribution in [0.15, 0.2) is 12.2 Å². The third-order valence-electron chi connectivity index (χ3n) is 13.1. The first-order valence-electron chi connectivity index (χ1n) is 33.3. The predicted octanol–water partition coefficient (Wildman–Crippen LogP) is 13.9. The fourth-order valence-corrected chi connectivity index (χ4v) is 30.7. The van der Waals surface area contributed by atoms with Crippen LogP contribution in [-0.2, 0) is 112 Å². The van der Waals surface area contributed by atoms with Gasteiger partial charge in [-0.25, -0.2) is 4.79 Å². The number of epoxide rings is 1. The zero-order valence-electron chi connectivity index (χ0n) is 63.5. The molecule has 588 valence electrons. The minimum atomic E-state index is -2.53. The van der Waals surface area contributed by atoms with E-state index >= 15 is 0 Å². The first-order chi connectivity index (χ1) is 46.6. The fraction of sp³-hybridized carbons (Fsp3) is 0.948. The van der Waals surface area contributed by atoms with Crippen molar-refractivity contribution in [3.63, 3.8) is 0 Å². The van der Waals surface area contributed by atoms with Crippen LogP contribution in [0, 0.1) is 0 Å². The highest BCUT2D eigenvalue weighted by Gasteiger charge is 2.43. The summed E-state index contributed by atoms with van der Waals surface area (Å²) in [6.07, 6.45) is 6.65. The number of rotatable bonds is 61. The number of halogens is 2. The molecule has 0 aliphatic carbocycles. The van der Waals surface area contributed by atoms with Crippen LogP contribution in [0.5, 0.6) is 0 Å². The molecule has 0 N–H and O–H groups in total. The van der Waals surface area contributed by atoms with Gasteiger partial charge in [-0.1, -0.05) is 28.2 Å². The average molecular weight is 1660 g/mol. The Morgan fingerprint density at radius 1 is 0.412 bits per heavy atom. The van der Waals surface area contributed by atoms with Gasteiger partial charge in [-0.3, -0.25) is 0 Å². The molecule has 1 saturated heterocycles. The number of thiol groups is 1. The van der Waals surface area contributed by atoms with E-state index in [4.69, 9.17) is 130 Å². The van der Waals surface area contributed by atoms with Gasteiger partial charge in [-0.2, -0.15) is 12.6 Å². The quantitative estimate of drug-likeness (QED) is 0.00869. The molecular weight excluding hydrogens is 1520 g/mol. The summed E-state index contributed by atoms with van der Waals surface area (Å²) in [5.74, 6) is 3.83. The maximum Gasteiger partial charge on any atom is 0.500 e. The van der Waals surface area contributed by atoms with Crippen LogP contribution in [0.2, 0.25) is 42.3 Å². The Hall–Kier alpha value is 2.14. The van der Waals surface area contributed by atoms with Gasteiger partial charge in [0.2, 0.25) is 0 Å². The summed E-state index contributed by atoms with van der Waals surface area (Å²) in [5, 5.41) is 0. The minimum absolute atomic E-state index is 0.316. The molecule has 0 aromatic heterocycles. The third kappa shape index (κ3) is 55.2. The maximum absolute atomic E-state index is 11.1. The van der Waals surface area contributed by atoms with E-state index in [2.05, 4.69) is 19.2 Å². The molecule has 1 rings (SSSR count). The standard InChI is InChI=1S/C18H42O6S4Si2.C10H20O5Si.C9H21ClO3Si.C9H20O5Si.C6H15ClO3Si.C6H16O3SSi/c1-7-19-29(20-8-2,21-9-3)17-13-15-25-27-28-26-16-14-18-30(22-10-4,23-11-5)24-12-6;1-9(2)10(11)15-7-6-8-16(12-3,13-4)14-5;1-4-11-14(12-5-2,13-6-3)9-7-8-10;1-10-15(11-2,12-3)6-4-5-13-7-9-8-14-9;1-8-11(9-2,10-3)6-4-5-7;1-7-11(8-2,9-3)6-4-5-10/h7-18H2,1-6H3;1,6-8H2,2-5H3;4-9H2,1-3H3;9H,4-8H2,1-3H3;4-6H2,1-3H3;10H,4-6H2,1-3H3. The van der Waals surface area contributed by atoms with E-state index in [-0.39, 0.29) is 5.97 Å². The number of ether oxygens (including phenoxy) is 3. The van der Waals surface area contributed by atoms with E-state index in [1.54, 1.807) is 92.2 Å². The largest absolute Gasteiger partial charge is 0.500 e. The van der Waals surface area contributed by atoms with Gasteiger partial charge >= 0.3 is 67.6 Å². The zero-order chi connectivity index (χ0) is 74.7. The second kappa shape index (κ2) is 72.3. The van der Waals surface area contributed by atoms with Gasteiger partial charge < -0.3 is 107 Å². The molecule has 1 unspecified atom stereocenters. The van der Waals surface area contributed by atoms with Crippen molar-refractivity contribution in [2.75, 3.05) is 200 Å². The van der Waals surface area contributed by atoms with Gasteiger partial charge in [0, 0.05) is 223 Å². The lowest BCUT2D eigenvalue weighted by Gasteiger charge is -2.28. The van der Waals surface area contributed by atoms with Crippen molar-refractivity contribution in [3.8, 4) is 0 Å². The lowest BCUT2D eigenvalue weighted by Crippen LogP contribution is -2.46. The van der Waals surface area contributed by atoms with Crippen LogP contribution >= 0.6 is 77.1 Å². The SMILES string of the molecule is C=C(C)C(=O)OCCC[Si](OC)(OC)OC.CCO[Si](CCCCl)(OCC)OCC.CCO[Si](CCCSSSSCCC[Si](OCC)(OCC)OCC)(OCC)OCC.CO[Si](CCCCl)(OC)OC.CO[Si](CCCOCC1CO1)(OC)OC.CO[Si](CCCS)(OC)OC. The number of carbonyl (C=O) groups excluding carboxylic acids is 1. The van der Waals surface area contributed by atoms with Gasteiger partial charge in [-0.05, 0) is 140 Å². The predicted molar refractivity (Wildman–Crippen MR) is 417 cm³/mol. The fourth-order valence-electron chi connectivity index (χ4n) is 8.24. The van der Waals surface area contributed by atoms with E-state index in [0.717, 1.165) is 98.7 Å². The Labute approximate surface area is 626 Å². The van der Waals surface area contributed by atoms with Gasteiger partial charge in [0.05, 0.1) is 19.8 Å². The van der Waals surface area contributed by atoms with E-state index in [1.807, 2.05) is 104 Å². The zero-order valence-corrected chi connectivity index (χ0v) is 76.1. The van der Waals surface area contributed by atoms with Crippen molar-refractivity contribution in [2.45, 2.75) is 163 Å². The summed E-state index contributed by atoms with van der Waals surface area (Å²) in [7, 11) is 9.76. The Morgan fingerprint density at radius 2 is 0.660 bits per heavy atom. The highest BCUT2D eigenvalue weighted by molar-refractivity contribution is 9.26. The van der Waals surface area contributed by atoms with Crippen LogP contribution in [0.1, 0.15) is 114 Å². The molecule has 0 amide bonds. The maximum atomic E-state index is 11.1. The summed E-state index contributed by atoms with van der Waals surface area (Å²) < 4.78 is 130. The van der Waals surface area contributed by atoms with Crippen LogP contribution in [-0.4, -0.2) is 274 Å². The molecule has 1 heterocycles. The van der Waals surface area contributed by atoms with E-state index in [1.165, 1.54) is 0 Å².